The van der Waals surface area contributed by atoms with E-state index in [0.717, 1.165) is 4.88 Å². The molecule has 1 aromatic rings. The van der Waals surface area contributed by atoms with E-state index in [1.807, 2.05) is 26.0 Å². The first kappa shape index (κ1) is 16.1. The largest absolute Gasteiger partial charge is 0.315 e. The minimum atomic E-state index is -3.43. The lowest BCUT2D eigenvalue weighted by atomic mass is 10.5. The van der Waals surface area contributed by atoms with E-state index < -0.39 is 10.0 Å². The first-order valence-corrected chi connectivity index (χ1v) is 8.53. The predicted molar refractivity (Wildman–Crippen MR) is 78.5 cm³/mol. The molecule has 2 N–H and O–H groups in total. The van der Waals surface area contributed by atoms with Crippen LogP contribution < -0.4 is 10.0 Å². The van der Waals surface area contributed by atoms with Gasteiger partial charge in [-0.05, 0) is 43.1 Å². The second-order valence-electron chi connectivity index (χ2n) is 4.08. The number of sulfonamides is 1. The quantitative estimate of drug-likeness (QED) is 0.767. The minimum Gasteiger partial charge on any atom is -0.315 e. The Labute approximate surface area is 121 Å². The molecule has 0 amide bonds. The minimum absolute atomic E-state index is 0.316. The zero-order valence-electron chi connectivity index (χ0n) is 10.7. The molecular formula is C10H18BrN3O2S2. The second kappa shape index (κ2) is 6.97. The van der Waals surface area contributed by atoms with Gasteiger partial charge < -0.3 is 10.2 Å². The molecule has 0 bridgehead atoms. The standard InChI is InChI=1S/C10H18BrN3O2S2/c1-12-7-8-6-9(10(11)17-8)18(15,16)13-4-5-14(2)3/h6,12-13H,4-5,7H2,1-3H3. The van der Waals surface area contributed by atoms with Gasteiger partial charge in [-0.2, -0.15) is 0 Å². The van der Waals surface area contributed by atoms with Crippen molar-refractivity contribution in [2.45, 2.75) is 11.4 Å². The van der Waals surface area contributed by atoms with Gasteiger partial charge in [0, 0.05) is 24.5 Å². The van der Waals surface area contributed by atoms with Gasteiger partial charge in [0.15, 0.2) is 0 Å². The van der Waals surface area contributed by atoms with Crippen LogP contribution in [-0.4, -0.2) is 47.6 Å². The lowest BCUT2D eigenvalue weighted by molar-refractivity contribution is 0.412. The molecule has 0 aliphatic rings. The van der Waals surface area contributed by atoms with Gasteiger partial charge in [0.1, 0.15) is 4.90 Å². The van der Waals surface area contributed by atoms with Gasteiger partial charge in [-0.1, -0.05) is 0 Å². The van der Waals surface area contributed by atoms with Crippen LogP contribution in [0.15, 0.2) is 14.7 Å². The van der Waals surface area contributed by atoms with E-state index in [-0.39, 0.29) is 0 Å². The Morgan fingerprint density at radius 2 is 2.11 bits per heavy atom. The number of nitrogens with zero attached hydrogens (tertiary/aromatic N) is 1. The third-order valence-corrected chi connectivity index (χ3v) is 5.91. The van der Waals surface area contributed by atoms with Crippen molar-refractivity contribution < 1.29 is 8.42 Å². The molecule has 5 nitrogen and oxygen atoms in total. The number of hydrogen-bond acceptors (Lipinski definition) is 5. The number of likely N-dealkylation sites (N-methyl/N-ethyl adjacent to an activating group) is 1. The van der Waals surface area contributed by atoms with Crippen molar-refractivity contribution in [3.63, 3.8) is 0 Å². The third-order valence-electron chi connectivity index (χ3n) is 2.20. The normalized spacial score (nSPS) is 12.3. The molecule has 18 heavy (non-hydrogen) atoms. The van der Waals surface area contributed by atoms with Gasteiger partial charge in [0.05, 0.1) is 3.79 Å². The molecule has 0 unspecified atom stereocenters. The fraction of sp³-hybridized carbons (Fsp3) is 0.600. The molecule has 0 aliphatic carbocycles. The SMILES string of the molecule is CNCc1cc(S(=O)(=O)NCCN(C)C)c(Br)s1. The van der Waals surface area contributed by atoms with Crippen molar-refractivity contribution in [1.82, 2.24) is 14.9 Å². The lowest BCUT2D eigenvalue weighted by Gasteiger charge is -2.10. The Balaban J connectivity index is 2.78. The molecule has 0 aromatic carbocycles. The van der Waals surface area contributed by atoms with Crippen molar-refractivity contribution in [2.24, 2.45) is 0 Å². The van der Waals surface area contributed by atoms with Crippen LogP contribution >= 0.6 is 27.3 Å². The number of rotatable bonds is 7. The van der Waals surface area contributed by atoms with E-state index in [9.17, 15) is 8.42 Å². The first-order valence-electron chi connectivity index (χ1n) is 5.44. The monoisotopic (exact) mass is 355 g/mol. The molecule has 0 fully saturated rings. The van der Waals surface area contributed by atoms with Crippen LogP contribution in [0.25, 0.3) is 0 Å². The highest BCUT2D eigenvalue weighted by Crippen LogP contribution is 2.31. The molecule has 1 heterocycles. The highest BCUT2D eigenvalue weighted by atomic mass is 79.9. The second-order valence-corrected chi connectivity index (χ2v) is 8.27. The summed E-state index contributed by atoms with van der Waals surface area (Å²) in [6.45, 7) is 1.74. The summed E-state index contributed by atoms with van der Waals surface area (Å²) in [7, 11) is 2.21. The highest BCUT2D eigenvalue weighted by molar-refractivity contribution is 9.11. The van der Waals surface area contributed by atoms with Crippen LogP contribution in [0.3, 0.4) is 0 Å². The lowest BCUT2D eigenvalue weighted by Crippen LogP contribution is -2.31. The van der Waals surface area contributed by atoms with Gasteiger partial charge in [0.2, 0.25) is 10.0 Å². The Kier molecular flexibility index (Phi) is 6.22. The first-order chi connectivity index (χ1) is 8.36. The van der Waals surface area contributed by atoms with Gasteiger partial charge in [0.25, 0.3) is 0 Å². The number of thiophene rings is 1. The summed E-state index contributed by atoms with van der Waals surface area (Å²) in [5, 5.41) is 3.00. The van der Waals surface area contributed by atoms with Crippen LogP contribution in [0.5, 0.6) is 0 Å². The molecular weight excluding hydrogens is 338 g/mol. The van der Waals surface area contributed by atoms with Crippen LogP contribution in [0.1, 0.15) is 4.88 Å². The number of nitrogens with one attached hydrogen (secondary N) is 2. The summed E-state index contributed by atoms with van der Waals surface area (Å²) in [6.07, 6.45) is 0. The molecule has 0 radical (unpaired) electrons. The van der Waals surface area contributed by atoms with E-state index in [2.05, 4.69) is 26.0 Å². The summed E-state index contributed by atoms with van der Waals surface area (Å²) in [6, 6.07) is 1.70. The Bertz CT molecular complexity index is 485. The van der Waals surface area contributed by atoms with Gasteiger partial charge in [-0.3, -0.25) is 0 Å². The number of hydrogen-bond donors (Lipinski definition) is 2. The smallest absolute Gasteiger partial charge is 0.242 e. The number of halogens is 1. The van der Waals surface area contributed by atoms with E-state index in [4.69, 9.17) is 0 Å². The molecule has 0 atom stereocenters. The summed E-state index contributed by atoms with van der Waals surface area (Å²) in [5.74, 6) is 0. The molecule has 1 aromatic heterocycles. The molecule has 0 saturated carbocycles. The summed E-state index contributed by atoms with van der Waals surface area (Å²) >= 11 is 4.74. The maximum Gasteiger partial charge on any atom is 0.242 e. The Morgan fingerprint density at radius 1 is 1.44 bits per heavy atom. The predicted octanol–water partition coefficient (Wildman–Crippen LogP) is 1.07. The van der Waals surface area contributed by atoms with Gasteiger partial charge >= 0.3 is 0 Å². The summed E-state index contributed by atoms with van der Waals surface area (Å²) in [5.41, 5.74) is 0. The fourth-order valence-electron chi connectivity index (χ4n) is 1.32. The van der Waals surface area contributed by atoms with Crippen LogP contribution in [0.4, 0.5) is 0 Å². The zero-order valence-corrected chi connectivity index (χ0v) is 13.9. The van der Waals surface area contributed by atoms with E-state index in [0.29, 0.717) is 28.3 Å². The van der Waals surface area contributed by atoms with E-state index in [1.165, 1.54) is 11.3 Å². The fourth-order valence-corrected chi connectivity index (χ4v) is 5.04. The maximum atomic E-state index is 12.1. The zero-order chi connectivity index (χ0) is 13.8. The summed E-state index contributed by atoms with van der Waals surface area (Å²) < 4.78 is 27.4. The van der Waals surface area contributed by atoms with E-state index in [1.54, 1.807) is 6.07 Å². The summed E-state index contributed by atoms with van der Waals surface area (Å²) in [4.78, 5) is 3.23. The molecule has 0 saturated heterocycles. The Morgan fingerprint density at radius 3 is 2.67 bits per heavy atom. The van der Waals surface area contributed by atoms with Crippen molar-refractivity contribution in [3.05, 3.63) is 14.7 Å². The van der Waals surface area contributed by atoms with Gasteiger partial charge in [-0.15, -0.1) is 11.3 Å². The van der Waals surface area contributed by atoms with Crippen LogP contribution in [0.2, 0.25) is 0 Å². The Hall–Kier alpha value is 0.01000. The topological polar surface area (TPSA) is 61.4 Å². The van der Waals surface area contributed by atoms with Crippen molar-refractivity contribution in [1.29, 1.82) is 0 Å². The van der Waals surface area contributed by atoms with Crippen LogP contribution in [-0.2, 0) is 16.6 Å². The van der Waals surface area contributed by atoms with Crippen LogP contribution in [0, 0.1) is 0 Å². The van der Waals surface area contributed by atoms with Gasteiger partial charge in [-0.25, -0.2) is 13.1 Å². The average Bonchev–Trinajstić information content (AvgIpc) is 2.60. The molecule has 0 aliphatic heterocycles. The molecule has 1 rings (SSSR count). The van der Waals surface area contributed by atoms with Crippen molar-refractivity contribution >= 4 is 37.3 Å². The average molecular weight is 356 g/mol. The molecule has 0 spiro atoms. The molecule has 8 heteroatoms. The van der Waals surface area contributed by atoms with E-state index >= 15 is 0 Å². The van der Waals surface area contributed by atoms with Crippen molar-refractivity contribution in [3.8, 4) is 0 Å². The third kappa shape index (κ3) is 4.60. The van der Waals surface area contributed by atoms with Crippen molar-refractivity contribution in [2.75, 3.05) is 34.2 Å². The maximum absolute atomic E-state index is 12.1. The highest BCUT2D eigenvalue weighted by Gasteiger charge is 2.20. The molecule has 104 valence electrons.